The highest BCUT2D eigenvalue weighted by atomic mass is 32.1. The molecule has 78 valence electrons. The van der Waals surface area contributed by atoms with Crippen molar-refractivity contribution in [2.45, 2.75) is 6.92 Å². The normalized spacial score (nSPS) is 10.5. The van der Waals surface area contributed by atoms with E-state index in [1.165, 1.54) is 6.33 Å². The topological polar surface area (TPSA) is 83.7 Å². The van der Waals surface area contributed by atoms with Crippen molar-refractivity contribution >= 4 is 29.4 Å². The number of nitrogens with zero attached hydrogens (tertiary/aromatic N) is 2. The molecule has 0 aliphatic heterocycles. The van der Waals surface area contributed by atoms with Crippen LogP contribution in [-0.4, -0.2) is 32.5 Å². The number of carbonyl (C=O) groups excluding carboxylic acids is 1. The van der Waals surface area contributed by atoms with E-state index in [4.69, 9.17) is 17.0 Å². The molecular formula is C8H8N4O2S. The molecule has 0 spiro atoms. The third-order valence-electron chi connectivity index (χ3n) is 1.77. The average Bonchev–Trinajstić information content (AvgIpc) is 2.66. The first-order valence-electron chi connectivity index (χ1n) is 4.33. The maximum atomic E-state index is 11.4. The number of aromatic amines is 2. The third kappa shape index (κ3) is 1.73. The van der Waals surface area contributed by atoms with Gasteiger partial charge in [0.2, 0.25) is 5.82 Å². The van der Waals surface area contributed by atoms with Gasteiger partial charge in [0.1, 0.15) is 5.52 Å². The molecule has 0 bridgehead atoms. The third-order valence-corrected chi connectivity index (χ3v) is 2.07. The van der Waals surface area contributed by atoms with Crippen LogP contribution >= 0.6 is 12.2 Å². The molecular weight excluding hydrogens is 216 g/mol. The number of hydrogen-bond donors (Lipinski definition) is 2. The molecule has 0 aliphatic carbocycles. The Morgan fingerprint density at radius 1 is 1.67 bits per heavy atom. The Kier molecular flexibility index (Phi) is 2.46. The second kappa shape index (κ2) is 3.77. The molecule has 0 saturated carbocycles. The Morgan fingerprint density at radius 2 is 2.47 bits per heavy atom. The lowest BCUT2D eigenvalue weighted by Gasteiger charge is -2.00. The van der Waals surface area contributed by atoms with Crippen molar-refractivity contribution in [3.63, 3.8) is 0 Å². The Bertz CT molecular complexity index is 559. The van der Waals surface area contributed by atoms with Crippen LogP contribution < -0.4 is 0 Å². The molecule has 0 unspecified atom stereocenters. The molecule has 0 aromatic carbocycles. The van der Waals surface area contributed by atoms with E-state index in [1.54, 1.807) is 6.92 Å². The summed E-state index contributed by atoms with van der Waals surface area (Å²) < 4.78 is 5.09. The lowest BCUT2D eigenvalue weighted by molar-refractivity contribution is 0.0512. The molecule has 0 atom stereocenters. The number of ether oxygens (including phenoxy) is 1. The summed E-state index contributed by atoms with van der Waals surface area (Å²) >= 11 is 4.99. The highest BCUT2D eigenvalue weighted by Gasteiger charge is 2.11. The van der Waals surface area contributed by atoms with Gasteiger partial charge in [0.15, 0.2) is 10.3 Å². The van der Waals surface area contributed by atoms with Crippen LogP contribution in [0, 0.1) is 4.64 Å². The minimum Gasteiger partial charge on any atom is -0.460 e. The zero-order valence-electron chi connectivity index (χ0n) is 7.90. The number of nitrogens with one attached hydrogen (secondary N) is 2. The second-order valence-corrected chi connectivity index (χ2v) is 3.12. The van der Waals surface area contributed by atoms with Crippen LogP contribution in [0.25, 0.3) is 11.2 Å². The van der Waals surface area contributed by atoms with Gasteiger partial charge in [-0.05, 0) is 6.92 Å². The van der Waals surface area contributed by atoms with Crippen molar-refractivity contribution < 1.29 is 9.53 Å². The first-order chi connectivity index (χ1) is 7.22. The zero-order valence-corrected chi connectivity index (χ0v) is 8.72. The monoisotopic (exact) mass is 224 g/mol. The lowest BCUT2D eigenvalue weighted by Crippen LogP contribution is -2.09. The summed E-state index contributed by atoms with van der Waals surface area (Å²) in [7, 11) is 0. The number of aromatic nitrogens is 4. The Morgan fingerprint density at radius 3 is 3.20 bits per heavy atom. The van der Waals surface area contributed by atoms with Crippen molar-refractivity contribution in [1.82, 2.24) is 19.9 Å². The van der Waals surface area contributed by atoms with Crippen LogP contribution in [-0.2, 0) is 4.74 Å². The Balaban J connectivity index is 2.54. The van der Waals surface area contributed by atoms with Crippen molar-refractivity contribution in [3.05, 3.63) is 16.8 Å². The second-order valence-electron chi connectivity index (χ2n) is 2.74. The van der Waals surface area contributed by atoms with E-state index in [1.807, 2.05) is 0 Å². The standard InChI is InChI=1S/C8H8N4O2S/c1-2-14-8(13)6-11-5-4(7(15)12-6)9-3-10-5/h3H,2H2,1H3,(H2,9,10,11,12,15). The summed E-state index contributed by atoms with van der Waals surface area (Å²) in [4.78, 5) is 24.8. The van der Waals surface area contributed by atoms with Crippen molar-refractivity contribution in [2.24, 2.45) is 0 Å². The van der Waals surface area contributed by atoms with Gasteiger partial charge in [0.05, 0.1) is 12.9 Å². The van der Waals surface area contributed by atoms with Crippen LogP contribution in [0.3, 0.4) is 0 Å². The van der Waals surface area contributed by atoms with Crippen molar-refractivity contribution in [2.75, 3.05) is 6.61 Å². The average molecular weight is 224 g/mol. The molecule has 7 heteroatoms. The van der Waals surface area contributed by atoms with Gasteiger partial charge in [0, 0.05) is 0 Å². The summed E-state index contributed by atoms with van der Waals surface area (Å²) in [5, 5.41) is 0. The molecule has 2 rings (SSSR count). The number of rotatable bonds is 2. The number of carbonyl (C=O) groups is 1. The van der Waals surface area contributed by atoms with Gasteiger partial charge >= 0.3 is 5.97 Å². The maximum Gasteiger partial charge on any atom is 0.374 e. The predicted molar refractivity (Wildman–Crippen MR) is 55.0 cm³/mol. The summed E-state index contributed by atoms with van der Waals surface area (Å²) in [6.07, 6.45) is 1.48. The lowest BCUT2D eigenvalue weighted by atomic mass is 10.5. The summed E-state index contributed by atoms with van der Waals surface area (Å²) in [5.74, 6) is -0.463. The molecule has 15 heavy (non-hydrogen) atoms. The van der Waals surface area contributed by atoms with Gasteiger partial charge in [-0.2, -0.15) is 0 Å². The predicted octanol–water partition coefficient (Wildman–Crippen LogP) is 1.19. The minimum absolute atomic E-state index is 0.0708. The summed E-state index contributed by atoms with van der Waals surface area (Å²) in [5.41, 5.74) is 1.11. The van der Waals surface area contributed by atoms with E-state index in [0.29, 0.717) is 22.4 Å². The molecule has 2 N–H and O–H groups in total. The molecule has 0 fully saturated rings. The number of imidazole rings is 1. The molecule has 2 heterocycles. The van der Waals surface area contributed by atoms with E-state index >= 15 is 0 Å². The fourth-order valence-electron chi connectivity index (χ4n) is 1.15. The van der Waals surface area contributed by atoms with E-state index < -0.39 is 5.97 Å². The van der Waals surface area contributed by atoms with Crippen molar-refractivity contribution in [1.29, 1.82) is 0 Å². The fourth-order valence-corrected chi connectivity index (χ4v) is 1.39. The molecule has 2 aromatic rings. The Labute approximate surface area is 89.7 Å². The van der Waals surface area contributed by atoms with E-state index in [9.17, 15) is 4.79 Å². The molecule has 6 nitrogen and oxygen atoms in total. The fraction of sp³-hybridized carbons (Fsp3) is 0.250. The summed E-state index contributed by atoms with van der Waals surface area (Å²) in [6, 6.07) is 0. The van der Waals surface area contributed by atoms with Crippen molar-refractivity contribution in [3.8, 4) is 0 Å². The number of fused-ring (bicyclic) bond motifs is 1. The van der Waals surface area contributed by atoms with Crippen LogP contribution in [0.5, 0.6) is 0 Å². The molecule has 0 saturated heterocycles. The van der Waals surface area contributed by atoms with E-state index in [-0.39, 0.29) is 5.82 Å². The van der Waals surface area contributed by atoms with Crippen LogP contribution in [0.4, 0.5) is 0 Å². The van der Waals surface area contributed by atoms with Gasteiger partial charge in [-0.1, -0.05) is 12.2 Å². The summed E-state index contributed by atoms with van der Waals surface area (Å²) in [6.45, 7) is 2.01. The SMILES string of the molecule is CCOC(=O)c1nc(=S)c2[nH]cnc2[nH]1. The van der Waals surface area contributed by atoms with E-state index in [0.717, 1.165) is 0 Å². The largest absolute Gasteiger partial charge is 0.460 e. The van der Waals surface area contributed by atoms with Crippen LogP contribution in [0.2, 0.25) is 0 Å². The highest BCUT2D eigenvalue weighted by molar-refractivity contribution is 7.71. The maximum absolute atomic E-state index is 11.4. The van der Waals surface area contributed by atoms with E-state index in [2.05, 4.69) is 19.9 Å². The van der Waals surface area contributed by atoms with Gasteiger partial charge in [0.25, 0.3) is 0 Å². The van der Waals surface area contributed by atoms with Crippen LogP contribution in [0.15, 0.2) is 6.33 Å². The number of hydrogen-bond acceptors (Lipinski definition) is 5. The molecule has 0 amide bonds. The number of H-pyrrole nitrogens is 2. The number of esters is 1. The minimum atomic E-state index is -0.534. The molecule has 0 radical (unpaired) electrons. The van der Waals surface area contributed by atoms with Gasteiger partial charge in [-0.3, -0.25) is 0 Å². The first-order valence-corrected chi connectivity index (χ1v) is 4.73. The smallest absolute Gasteiger partial charge is 0.374 e. The van der Waals surface area contributed by atoms with Gasteiger partial charge < -0.3 is 14.7 Å². The van der Waals surface area contributed by atoms with Gasteiger partial charge in [-0.15, -0.1) is 0 Å². The zero-order chi connectivity index (χ0) is 10.8. The molecule has 2 aromatic heterocycles. The first kappa shape index (κ1) is 9.78. The molecule has 0 aliphatic rings. The Hall–Kier alpha value is -1.76. The van der Waals surface area contributed by atoms with Crippen LogP contribution in [0.1, 0.15) is 17.5 Å². The quantitative estimate of drug-likeness (QED) is 0.591. The van der Waals surface area contributed by atoms with Gasteiger partial charge in [-0.25, -0.2) is 14.8 Å². The highest BCUT2D eigenvalue weighted by Crippen LogP contribution is 2.07.